The van der Waals surface area contributed by atoms with Crippen LogP contribution in [0.15, 0.2) is 64.3 Å². The van der Waals surface area contributed by atoms with Gasteiger partial charge in [-0.3, -0.25) is 14.4 Å². The molecule has 0 aliphatic carbocycles. The van der Waals surface area contributed by atoms with Crippen LogP contribution in [0.5, 0.6) is 5.75 Å². The summed E-state index contributed by atoms with van der Waals surface area (Å²) in [6.07, 6.45) is 1.06. The Morgan fingerprint density at radius 2 is 1.69 bits per heavy atom. The largest absolute Gasteiger partial charge is 0.497 e. The molecular weight excluding hydrogens is 376 g/mol. The molecule has 3 aromatic rings. The van der Waals surface area contributed by atoms with Gasteiger partial charge < -0.3 is 20.4 Å². The molecule has 2 amide bonds. The van der Waals surface area contributed by atoms with E-state index in [2.05, 4.69) is 15.6 Å². The first-order valence-corrected chi connectivity index (χ1v) is 8.57. The molecule has 148 valence electrons. The predicted molar refractivity (Wildman–Crippen MR) is 108 cm³/mol. The van der Waals surface area contributed by atoms with Gasteiger partial charge in [0.2, 0.25) is 5.91 Å². The smallest absolute Gasteiger partial charge is 0.333 e. The molecule has 2 aromatic carbocycles. The average Bonchev–Trinajstić information content (AvgIpc) is 2.68. The van der Waals surface area contributed by atoms with Crippen LogP contribution in [-0.4, -0.2) is 28.5 Å². The van der Waals surface area contributed by atoms with Crippen molar-refractivity contribution < 1.29 is 14.3 Å². The quantitative estimate of drug-likeness (QED) is 0.608. The fraction of sp³-hybridized carbons (Fsp3) is 0.100. The number of carbonyl (C=O) groups is 2. The normalized spacial score (nSPS) is 10.3. The second-order valence-corrected chi connectivity index (χ2v) is 6.07. The maximum Gasteiger partial charge on any atom is 0.333 e. The minimum Gasteiger partial charge on any atom is -0.497 e. The SMILES string of the molecule is COc1cccc(-n2c(=O)[nH]cc(C(=O)Nc3cccc(NC(C)=O)c3)c2=O)c1. The Hall–Kier alpha value is -4.14. The van der Waals surface area contributed by atoms with Gasteiger partial charge >= 0.3 is 5.69 Å². The number of rotatable bonds is 5. The Morgan fingerprint density at radius 3 is 2.38 bits per heavy atom. The van der Waals surface area contributed by atoms with Crippen LogP contribution in [0, 0.1) is 0 Å². The average molecular weight is 394 g/mol. The van der Waals surface area contributed by atoms with Crippen LogP contribution < -0.4 is 26.6 Å². The summed E-state index contributed by atoms with van der Waals surface area (Å²) in [5.74, 6) is -0.503. The van der Waals surface area contributed by atoms with Crippen molar-refractivity contribution in [1.29, 1.82) is 0 Å². The van der Waals surface area contributed by atoms with Crippen molar-refractivity contribution in [1.82, 2.24) is 9.55 Å². The third kappa shape index (κ3) is 4.41. The van der Waals surface area contributed by atoms with Gasteiger partial charge in [-0.25, -0.2) is 9.36 Å². The standard InChI is InChI=1S/C20H18N4O5/c1-12(25)22-13-5-3-6-14(9-13)23-18(26)17-11-21-20(28)24(19(17)27)15-7-4-8-16(10-15)29-2/h3-11H,1-2H3,(H,21,28)(H,22,25)(H,23,26). The molecule has 0 aliphatic rings. The number of methoxy groups -OCH3 is 1. The van der Waals surface area contributed by atoms with Gasteiger partial charge in [-0.1, -0.05) is 12.1 Å². The number of ether oxygens (including phenoxy) is 1. The second-order valence-electron chi connectivity index (χ2n) is 6.07. The highest BCUT2D eigenvalue weighted by Crippen LogP contribution is 2.16. The van der Waals surface area contributed by atoms with Gasteiger partial charge in [0.1, 0.15) is 11.3 Å². The molecule has 0 unspecified atom stereocenters. The van der Waals surface area contributed by atoms with Crippen LogP contribution >= 0.6 is 0 Å². The van der Waals surface area contributed by atoms with Crippen molar-refractivity contribution >= 4 is 23.2 Å². The van der Waals surface area contributed by atoms with E-state index in [0.717, 1.165) is 10.8 Å². The van der Waals surface area contributed by atoms with Crippen molar-refractivity contribution in [2.45, 2.75) is 6.92 Å². The van der Waals surface area contributed by atoms with E-state index in [9.17, 15) is 19.2 Å². The van der Waals surface area contributed by atoms with Gasteiger partial charge in [0, 0.05) is 30.6 Å². The Kier molecular flexibility index (Phi) is 5.59. The zero-order valence-corrected chi connectivity index (χ0v) is 15.7. The summed E-state index contributed by atoms with van der Waals surface area (Å²) in [5.41, 5.74) is -0.592. The first kappa shape index (κ1) is 19.6. The van der Waals surface area contributed by atoms with Gasteiger partial charge in [-0.15, -0.1) is 0 Å². The summed E-state index contributed by atoms with van der Waals surface area (Å²) in [6.45, 7) is 1.37. The van der Waals surface area contributed by atoms with E-state index in [4.69, 9.17) is 4.74 Å². The van der Waals surface area contributed by atoms with Gasteiger partial charge in [-0.05, 0) is 30.3 Å². The number of aromatic nitrogens is 2. The van der Waals surface area contributed by atoms with Crippen LogP contribution in [0.2, 0.25) is 0 Å². The van der Waals surface area contributed by atoms with Crippen LogP contribution in [-0.2, 0) is 4.79 Å². The summed E-state index contributed by atoms with van der Waals surface area (Å²) < 4.78 is 5.97. The molecule has 0 saturated heterocycles. The Balaban J connectivity index is 1.95. The maximum absolute atomic E-state index is 12.8. The highest BCUT2D eigenvalue weighted by atomic mass is 16.5. The monoisotopic (exact) mass is 394 g/mol. The zero-order chi connectivity index (χ0) is 21.0. The van der Waals surface area contributed by atoms with Gasteiger partial charge in [0.05, 0.1) is 12.8 Å². The molecular formula is C20H18N4O5. The van der Waals surface area contributed by atoms with E-state index in [1.54, 1.807) is 42.5 Å². The number of aromatic amines is 1. The van der Waals surface area contributed by atoms with Crippen molar-refractivity contribution in [3.8, 4) is 11.4 Å². The molecule has 0 aliphatic heterocycles. The number of anilines is 2. The Bertz CT molecular complexity index is 1200. The second kappa shape index (κ2) is 8.26. The minimum atomic E-state index is -0.780. The number of H-pyrrole nitrogens is 1. The number of hydrogen-bond acceptors (Lipinski definition) is 5. The first-order valence-electron chi connectivity index (χ1n) is 8.57. The lowest BCUT2D eigenvalue weighted by atomic mass is 10.2. The van der Waals surface area contributed by atoms with E-state index in [-0.39, 0.29) is 17.2 Å². The van der Waals surface area contributed by atoms with E-state index < -0.39 is 17.2 Å². The molecule has 29 heavy (non-hydrogen) atoms. The number of amides is 2. The first-order chi connectivity index (χ1) is 13.9. The number of nitrogens with zero attached hydrogens (tertiary/aromatic N) is 1. The fourth-order valence-corrected chi connectivity index (χ4v) is 2.70. The fourth-order valence-electron chi connectivity index (χ4n) is 2.70. The third-order valence-corrected chi connectivity index (χ3v) is 3.97. The van der Waals surface area contributed by atoms with Gasteiger partial charge in [0.25, 0.3) is 11.5 Å². The summed E-state index contributed by atoms with van der Waals surface area (Å²) in [6, 6.07) is 12.8. The third-order valence-electron chi connectivity index (χ3n) is 3.97. The summed E-state index contributed by atoms with van der Waals surface area (Å²) in [4.78, 5) is 51.2. The number of carbonyl (C=O) groups excluding carboxylic acids is 2. The molecule has 9 heteroatoms. The van der Waals surface area contributed by atoms with Crippen molar-refractivity contribution in [3.63, 3.8) is 0 Å². The molecule has 0 radical (unpaired) electrons. The van der Waals surface area contributed by atoms with Crippen molar-refractivity contribution in [2.24, 2.45) is 0 Å². The number of nitrogens with one attached hydrogen (secondary N) is 3. The zero-order valence-electron chi connectivity index (χ0n) is 15.7. The highest BCUT2D eigenvalue weighted by Gasteiger charge is 2.16. The van der Waals surface area contributed by atoms with Crippen LogP contribution in [0.4, 0.5) is 11.4 Å². The molecule has 3 N–H and O–H groups in total. The van der Waals surface area contributed by atoms with Crippen LogP contribution in [0.3, 0.4) is 0 Å². The lowest BCUT2D eigenvalue weighted by molar-refractivity contribution is -0.114. The molecule has 9 nitrogen and oxygen atoms in total. The number of benzene rings is 2. The maximum atomic E-state index is 12.8. The van der Waals surface area contributed by atoms with Crippen molar-refractivity contribution in [3.05, 3.63) is 81.1 Å². The van der Waals surface area contributed by atoms with Crippen LogP contribution in [0.25, 0.3) is 5.69 Å². The molecule has 0 fully saturated rings. The topological polar surface area (TPSA) is 122 Å². The molecule has 0 atom stereocenters. The predicted octanol–water partition coefficient (Wildman–Crippen LogP) is 1.75. The molecule has 3 rings (SSSR count). The Morgan fingerprint density at radius 1 is 1.00 bits per heavy atom. The molecule has 1 aromatic heterocycles. The summed E-state index contributed by atoms with van der Waals surface area (Å²) >= 11 is 0. The van der Waals surface area contributed by atoms with Crippen LogP contribution in [0.1, 0.15) is 17.3 Å². The lowest BCUT2D eigenvalue weighted by Crippen LogP contribution is -2.38. The molecule has 0 bridgehead atoms. The molecule has 0 saturated carbocycles. The molecule has 1 heterocycles. The van der Waals surface area contributed by atoms with E-state index in [1.165, 1.54) is 20.1 Å². The lowest BCUT2D eigenvalue weighted by Gasteiger charge is -2.10. The molecule has 0 spiro atoms. The van der Waals surface area contributed by atoms with E-state index in [0.29, 0.717) is 17.1 Å². The number of hydrogen-bond donors (Lipinski definition) is 3. The Labute approximate surface area is 165 Å². The minimum absolute atomic E-state index is 0.252. The highest BCUT2D eigenvalue weighted by molar-refractivity contribution is 6.04. The summed E-state index contributed by atoms with van der Waals surface area (Å²) in [7, 11) is 1.46. The van der Waals surface area contributed by atoms with Gasteiger partial charge in [0.15, 0.2) is 0 Å². The van der Waals surface area contributed by atoms with Gasteiger partial charge in [-0.2, -0.15) is 0 Å². The summed E-state index contributed by atoms with van der Waals surface area (Å²) in [5, 5.41) is 5.19. The van der Waals surface area contributed by atoms with E-state index >= 15 is 0 Å². The van der Waals surface area contributed by atoms with E-state index in [1.807, 2.05) is 0 Å². The van der Waals surface area contributed by atoms with Crippen molar-refractivity contribution in [2.75, 3.05) is 17.7 Å².